The Morgan fingerprint density at radius 3 is 2.77 bits per heavy atom. The summed E-state index contributed by atoms with van der Waals surface area (Å²) in [4.78, 5) is 38.2. The van der Waals surface area contributed by atoms with Crippen molar-refractivity contribution in [2.75, 3.05) is 12.4 Å². The van der Waals surface area contributed by atoms with Crippen molar-refractivity contribution in [3.63, 3.8) is 0 Å². The average molecular weight is 671 g/mol. The van der Waals surface area contributed by atoms with Crippen LogP contribution in [0.1, 0.15) is 57.2 Å². The zero-order chi connectivity index (χ0) is 27.9. The standard InChI is InChI=1S/C26H32ClIN6O5/c1-3-4-5-6-7-11-17(35)38-20-19(36)25(39-21(20)24(37)29-2)34-14-31-18-22(32-26(27)33-23(18)34)30-13-15-9-8-10-16(28)12-15/h8-10,12,14,19-21,25,36H,3-7,11,13H2,1-2H3,(H,29,37)(H,30,32,33)/t19-,20+,21+,25-/m1/s1. The molecule has 210 valence electrons. The Balaban J connectivity index is 1.53. The smallest absolute Gasteiger partial charge is 0.306 e. The minimum Gasteiger partial charge on any atom is -0.456 e. The number of nitrogens with one attached hydrogen (secondary N) is 2. The van der Waals surface area contributed by atoms with E-state index in [2.05, 4.69) is 55.1 Å². The van der Waals surface area contributed by atoms with Gasteiger partial charge in [-0.2, -0.15) is 9.97 Å². The van der Waals surface area contributed by atoms with E-state index in [0.29, 0.717) is 29.9 Å². The van der Waals surface area contributed by atoms with Gasteiger partial charge in [0.2, 0.25) is 5.28 Å². The molecule has 3 N–H and O–H groups in total. The second kappa shape index (κ2) is 13.7. The molecule has 1 aliphatic heterocycles. The Labute approximate surface area is 245 Å². The molecule has 0 radical (unpaired) electrons. The fraction of sp³-hybridized carbons (Fsp3) is 0.500. The summed E-state index contributed by atoms with van der Waals surface area (Å²) >= 11 is 8.49. The third-order valence-electron chi connectivity index (χ3n) is 6.49. The number of unbranched alkanes of at least 4 members (excludes halogenated alkanes) is 4. The molecular weight excluding hydrogens is 639 g/mol. The van der Waals surface area contributed by atoms with E-state index >= 15 is 0 Å². The van der Waals surface area contributed by atoms with Crippen molar-refractivity contribution in [3.8, 4) is 0 Å². The number of rotatable bonds is 12. The zero-order valence-electron chi connectivity index (χ0n) is 21.8. The first-order valence-corrected chi connectivity index (χ1v) is 14.4. The largest absolute Gasteiger partial charge is 0.456 e. The number of carbonyl (C=O) groups excluding carboxylic acids is 2. The topological polar surface area (TPSA) is 140 Å². The van der Waals surface area contributed by atoms with Crippen LogP contribution in [-0.4, -0.2) is 61.9 Å². The summed E-state index contributed by atoms with van der Waals surface area (Å²) in [6.07, 6.45) is 1.60. The zero-order valence-corrected chi connectivity index (χ0v) is 24.7. The molecule has 2 aromatic heterocycles. The van der Waals surface area contributed by atoms with Gasteiger partial charge < -0.3 is 25.2 Å². The second-order valence-corrected chi connectivity index (χ2v) is 10.9. The summed E-state index contributed by atoms with van der Waals surface area (Å²) in [5, 5.41) is 16.9. The quantitative estimate of drug-likeness (QED) is 0.113. The van der Waals surface area contributed by atoms with Crippen molar-refractivity contribution < 1.29 is 24.2 Å². The first-order valence-electron chi connectivity index (χ1n) is 12.9. The van der Waals surface area contributed by atoms with Gasteiger partial charge in [0, 0.05) is 23.6 Å². The van der Waals surface area contributed by atoms with Crippen molar-refractivity contribution in [2.24, 2.45) is 0 Å². The van der Waals surface area contributed by atoms with Crippen LogP contribution in [0.3, 0.4) is 0 Å². The maximum Gasteiger partial charge on any atom is 0.306 e. The Morgan fingerprint density at radius 1 is 1.23 bits per heavy atom. The molecular formula is C26H32ClIN6O5. The van der Waals surface area contributed by atoms with Crippen molar-refractivity contribution in [1.29, 1.82) is 0 Å². The van der Waals surface area contributed by atoms with E-state index in [0.717, 1.165) is 34.8 Å². The maximum atomic E-state index is 12.6. The van der Waals surface area contributed by atoms with Gasteiger partial charge >= 0.3 is 5.97 Å². The van der Waals surface area contributed by atoms with Crippen LogP contribution in [-0.2, 0) is 25.6 Å². The highest BCUT2D eigenvalue weighted by atomic mass is 127. The van der Waals surface area contributed by atoms with Crippen LogP contribution in [0.4, 0.5) is 5.82 Å². The summed E-state index contributed by atoms with van der Waals surface area (Å²) < 4.78 is 14.1. The number of benzene rings is 1. The molecule has 1 aliphatic rings. The maximum absolute atomic E-state index is 12.6. The fourth-order valence-corrected chi connectivity index (χ4v) is 5.25. The first-order chi connectivity index (χ1) is 18.8. The Kier molecular flexibility index (Phi) is 10.3. The molecule has 1 aromatic carbocycles. The molecule has 4 rings (SSSR count). The van der Waals surface area contributed by atoms with Gasteiger partial charge in [-0.05, 0) is 58.3 Å². The molecule has 0 saturated carbocycles. The third-order valence-corrected chi connectivity index (χ3v) is 7.33. The summed E-state index contributed by atoms with van der Waals surface area (Å²) in [7, 11) is 1.45. The van der Waals surface area contributed by atoms with E-state index in [1.807, 2.05) is 24.3 Å². The van der Waals surface area contributed by atoms with Gasteiger partial charge in [0.15, 0.2) is 35.4 Å². The van der Waals surface area contributed by atoms with Crippen molar-refractivity contribution >= 4 is 63.1 Å². The number of hydrogen-bond acceptors (Lipinski definition) is 9. The molecule has 3 aromatic rings. The van der Waals surface area contributed by atoms with Crippen LogP contribution >= 0.6 is 34.2 Å². The molecule has 0 bridgehead atoms. The van der Waals surface area contributed by atoms with Crippen LogP contribution in [0, 0.1) is 3.57 Å². The number of esters is 1. The number of hydrogen-bond donors (Lipinski definition) is 3. The van der Waals surface area contributed by atoms with E-state index in [4.69, 9.17) is 21.1 Å². The number of halogens is 2. The molecule has 0 unspecified atom stereocenters. The molecule has 0 spiro atoms. The van der Waals surface area contributed by atoms with E-state index in [1.165, 1.54) is 17.9 Å². The molecule has 11 nitrogen and oxygen atoms in total. The predicted octanol–water partition coefficient (Wildman–Crippen LogP) is 3.97. The van der Waals surface area contributed by atoms with Gasteiger partial charge in [0.05, 0.1) is 6.33 Å². The SMILES string of the molecule is CCCCCCCC(=O)O[C@H]1[C@@H](O)[C@H](n2cnc3c(NCc4cccc(I)c4)nc(Cl)nc32)O[C@@H]1C(=O)NC. The van der Waals surface area contributed by atoms with Crippen LogP contribution in [0.5, 0.6) is 0 Å². The van der Waals surface area contributed by atoms with E-state index in [1.54, 1.807) is 0 Å². The van der Waals surface area contributed by atoms with Crippen LogP contribution < -0.4 is 10.6 Å². The number of anilines is 1. The Morgan fingerprint density at radius 2 is 2.03 bits per heavy atom. The lowest BCUT2D eigenvalue weighted by Crippen LogP contribution is -2.44. The predicted molar refractivity (Wildman–Crippen MR) is 154 cm³/mol. The number of aromatic nitrogens is 4. The molecule has 4 atom stereocenters. The molecule has 3 heterocycles. The number of aliphatic hydroxyl groups is 1. The third kappa shape index (κ3) is 7.16. The average Bonchev–Trinajstić information content (AvgIpc) is 3.47. The Hall–Kier alpha value is -2.55. The molecule has 13 heteroatoms. The van der Waals surface area contributed by atoms with Gasteiger partial charge in [-0.1, -0.05) is 44.7 Å². The number of aliphatic hydroxyl groups excluding tert-OH is 1. The minimum atomic E-state index is -1.36. The summed E-state index contributed by atoms with van der Waals surface area (Å²) in [5.41, 5.74) is 1.75. The number of imidazole rings is 1. The molecule has 1 amide bonds. The van der Waals surface area contributed by atoms with Crippen LogP contribution in [0.25, 0.3) is 11.2 Å². The van der Waals surface area contributed by atoms with Crippen molar-refractivity contribution in [3.05, 3.63) is 45.0 Å². The molecule has 1 fully saturated rings. The number of carbonyl (C=O) groups is 2. The normalized spacial score (nSPS) is 20.7. The van der Waals surface area contributed by atoms with Gasteiger partial charge in [0.25, 0.3) is 5.91 Å². The van der Waals surface area contributed by atoms with Gasteiger partial charge in [-0.25, -0.2) is 4.98 Å². The molecule has 0 aliphatic carbocycles. The lowest BCUT2D eigenvalue weighted by Gasteiger charge is -2.20. The van der Waals surface area contributed by atoms with Crippen molar-refractivity contribution in [1.82, 2.24) is 24.8 Å². The van der Waals surface area contributed by atoms with E-state index in [-0.39, 0.29) is 11.7 Å². The fourth-order valence-electron chi connectivity index (χ4n) is 4.48. The highest BCUT2D eigenvalue weighted by Crippen LogP contribution is 2.35. The van der Waals surface area contributed by atoms with E-state index < -0.39 is 36.4 Å². The number of nitrogens with zero attached hydrogens (tertiary/aromatic N) is 4. The molecule has 1 saturated heterocycles. The Bertz CT molecular complexity index is 1310. The van der Waals surface area contributed by atoms with Crippen LogP contribution in [0.15, 0.2) is 30.6 Å². The van der Waals surface area contributed by atoms with Crippen molar-refractivity contribution in [2.45, 2.75) is 76.5 Å². The molecule has 39 heavy (non-hydrogen) atoms. The van der Waals surface area contributed by atoms with Gasteiger partial charge in [-0.3, -0.25) is 14.2 Å². The number of amides is 1. The summed E-state index contributed by atoms with van der Waals surface area (Å²) in [6.45, 7) is 2.60. The number of likely N-dealkylation sites (N-methyl/N-ethyl adjacent to an activating group) is 1. The lowest BCUT2D eigenvalue weighted by molar-refractivity contribution is -0.158. The number of fused-ring (bicyclic) bond motifs is 1. The van der Waals surface area contributed by atoms with Gasteiger partial charge in [0.1, 0.15) is 6.10 Å². The van der Waals surface area contributed by atoms with Gasteiger partial charge in [-0.15, -0.1) is 0 Å². The van der Waals surface area contributed by atoms with E-state index in [9.17, 15) is 14.7 Å². The highest BCUT2D eigenvalue weighted by molar-refractivity contribution is 14.1. The van der Waals surface area contributed by atoms with Crippen LogP contribution in [0.2, 0.25) is 5.28 Å². The lowest BCUT2D eigenvalue weighted by atomic mass is 10.1. The number of ether oxygens (including phenoxy) is 2. The highest BCUT2D eigenvalue weighted by Gasteiger charge is 2.50. The summed E-state index contributed by atoms with van der Waals surface area (Å²) in [6, 6.07) is 8.00. The monoisotopic (exact) mass is 670 g/mol. The summed E-state index contributed by atoms with van der Waals surface area (Å²) in [5.74, 6) is -0.602. The second-order valence-electron chi connectivity index (χ2n) is 9.32. The minimum absolute atomic E-state index is 0.0317. The first kappa shape index (κ1) is 29.4.